The molecule has 0 bridgehead atoms. The first-order valence-corrected chi connectivity index (χ1v) is 24.4. The van der Waals surface area contributed by atoms with Crippen LogP contribution in [0.25, 0.3) is 0 Å². The van der Waals surface area contributed by atoms with E-state index in [0.717, 1.165) is 116 Å². The van der Waals surface area contributed by atoms with Gasteiger partial charge >= 0.3 is 11.9 Å². The van der Waals surface area contributed by atoms with Crippen LogP contribution in [0.2, 0.25) is 0 Å². The van der Waals surface area contributed by atoms with Gasteiger partial charge in [0.15, 0.2) is 0 Å². The van der Waals surface area contributed by atoms with E-state index in [9.17, 15) is 19.5 Å². The van der Waals surface area contributed by atoms with Crippen molar-refractivity contribution in [2.24, 2.45) is 5.73 Å². The first kappa shape index (κ1) is 56.5. The number of ether oxygens (including phenoxy) is 1. The Kier molecular flexibility index (Phi) is 43.9. The van der Waals surface area contributed by atoms with E-state index < -0.39 is 12.0 Å². The van der Waals surface area contributed by atoms with Gasteiger partial charge in [-0.15, -0.1) is 0 Å². The molecule has 0 aromatic heterocycles. The number of carbonyl (C=O) groups excluding carboxylic acids is 2. The lowest BCUT2D eigenvalue weighted by Gasteiger charge is -2.18. The van der Waals surface area contributed by atoms with Gasteiger partial charge in [-0.2, -0.15) is 0 Å². The SMILES string of the molecule is CC/C=C\C/C=C\C/C=C\C/C=C\C/C=C\CCCCCCCCCC(=O)OC(CCC/C=C\C/C=C\CCCCC)CCCCCCCC(=O)NC(CCCN)C(=O)O. The number of amides is 1. The Balaban J connectivity index is 4.29. The minimum absolute atomic E-state index is 0.0421. The molecule has 2 atom stereocenters. The van der Waals surface area contributed by atoms with Crippen LogP contribution in [0, 0.1) is 0 Å². The second-order valence-corrected chi connectivity index (χ2v) is 16.1. The van der Waals surface area contributed by atoms with Gasteiger partial charge in [0.1, 0.15) is 12.1 Å². The van der Waals surface area contributed by atoms with E-state index in [4.69, 9.17) is 10.5 Å². The third-order valence-corrected chi connectivity index (χ3v) is 10.4. The zero-order valence-corrected chi connectivity index (χ0v) is 38.5. The first-order valence-electron chi connectivity index (χ1n) is 24.4. The Hall–Kier alpha value is -3.45. The van der Waals surface area contributed by atoms with Gasteiger partial charge in [-0.3, -0.25) is 9.59 Å². The summed E-state index contributed by atoms with van der Waals surface area (Å²) in [4.78, 5) is 36.5. The van der Waals surface area contributed by atoms with E-state index in [1.165, 1.54) is 57.8 Å². The zero-order chi connectivity index (χ0) is 43.8. The fourth-order valence-electron chi connectivity index (χ4n) is 6.81. The van der Waals surface area contributed by atoms with Crippen LogP contribution < -0.4 is 11.1 Å². The van der Waals surface area contributed by atoms with Gasteiger partial charge in [-0.1, -0.05) is 163 Å². The first-order chi connectivity index (χ1) is 29.4. The number of carbonyl (C=O) groups is 3. The molecule has 0 aliphatic heterocycles. The molecule has 7 nitrogen and oxygen atoms in total. The number of carboxylic acid groups (broad SMARTS) is 1. The number of hydrogen-bond donors (Lipinski definition) is 3. The van der Waals surface area contributed by atoms with Crippen LogP contribution in [0.1, 0.15) is 213 Å². The minimum Gasteiger partial charge on any atom is -0.480 e. The molecule has 1 amide bonds. The van der Waals surface area contributed by atoms with Gasteiger partial charge in [-0.25, -0.2) is 4.79 Å². The van der Waals surface area contributed by atoms with Crippen molar-refractivity contribution in [3.8, 4) is 0 Å². The number of nitrogens with one attached hydrogen (secondary N) is 1. The van der Waals surface area contributed by atoms with Crippen LogP contribution >= 0.6 is 0 Å². The number of nitrogens with two attached hydrogens (primary N) is 1. The quantitative estimate of drug-likeness (QED) is 0.0320. The summed E-state index contributed by atoms with van der Waals surface area (Å²) in [5.41, 5.74) is 5.49. The molecule has 0 aliphatic rings. The highest BCUT2D eigenvalue weighted by molar-refractivity contribution is 5.83. The summed E-state index contributed by atoms with van der Waals surface area (Å²) in [5.74, 6) is -1.28. The molecular formula is C53H90N2O5. The van der Waals surface area contributed by atoms with E-state index in [1.807, 2.05) is 0 Å². The standard InChI is InChI=1S/C53H90N2O5/c1-3-5-7-9-11-13-15-16-17-18-19-20-21-22-23-24-25-26-28-30-32-37-41-47-52(57)60-49(43-38-34-31-29-27-14-12-10-8-6-4-2)44-39-35-33-36-40-46-51(56)55-50(53(58)59)45-42-48-54/h5,7,11-14,16-17,19-20,22-23,29,31,49-50H,3-4,6,8-10,15,18,21,24-28,30,32-48,54H2,1-2H3,(H,55,56)(H,58,59)/b7-5-,13-11-,14-12-,17-16-,20-19-,23-22-,31-29-. The summed E-state index contributed by atoms with van der Waals surface area (Å²) in [5, 5.41) is 12.0. The Morgan fingerprint density at radius 1 is 0.500 bits per heavy atom. The van der Waals surface area contributed by atoms with Gasteiger partial charge < -0.3 is 20.9 Å². The Morgan fingerprint density at radius 3 is 1.45 bits per heavy atom. The van der Waals surface area contributed by atoms with Crippen LogP contribution in [0.15, 0.2) is 85.1 Å². The van der Waals surface area contributed by atoms with E-state index in [1.54, 1.807) is 0 Å². The fourth-order valence-corrected chi connectivity index (χ4v) is 6.81. The lowest BCUT2D eigenvalue weighted by Crippen LogP contribution is -2.40. The highest BCUT2D eigenvalue weighted by Gasteiger charge is 2.19. The molecule has 4 N–H and O–H groups in total. The molecular weight excluding hydrogens is 745 g/mol. The molecule has 342 valence electrons. The number of hydrogen-bond acceptors (Lipinski definition) is 5. The van der Waals surface area contributed by atoms with Crippen molar-refractivity contribution in [1.82, 2.24) is 5.32 Å². The predicted octanol–water partition coefficient (Wildman–Crippen LogP) is 14.5. The van der Waals surface area contributed by atoms with Crippen molar-refractivity contribution in [3.05, 3.63) is 85.1 Å². The maximum Gasteiger partial charge on any atom is 0.326 e. The van der Waals surface area contributed by atoms with Crippen molar-refractivity contribution in [2.45, 2.75) is 225 Å². The lowest BCUT2D eigenvalue weighted by molar-refractivity contribution is -0.150. The topological polar surface area (TPSA) is 119 Å². The Morgan fingerprint density at radius 2 is 0.933 bits per heavy atom. The van der Waals surface area contributed by atoms with E-state index in [2.05, 4.69) is 104 Å². The molecule has 7 heteroatoms. The second kappa shape index (κ2) is 46.6. The summed E-state index contributed by atoms with van der Waals surface area (Å²) >= 11 is 0. The number of carboxylic acids is 1. The fraction of sp³-hybridized carbons (Fsp3) is 0.679. The lowest BCUT2D eigenvalue weighted by atomic mass is 10.0. The number of rotatable bonds is 43. The van der Waals surface area contributed by atoms with Crippen LogP contribution in [0.4, 0.5) is 0 Å². The zero-order valence-electron chi connectivity index (χ0n) is 38.5. The molecule has 0 fully saturated rings. The Bertz CT molecular complexity index is 1210. The van der Waals surface area contributed by atoms with Crippen molar-refractivity contribution in [3.63, 3.8) is 0 Å². The van der Waals surface area contributed by atoms with Crippen LogP contribution in [-0.2, 0) is 19.1 Å². The third-order valence-electron chi connectivity index (χ3n) is 10.4. The van der Waals surface area contributed by atoms with Gasteiger partial charge in [0.25, 0.3) is 0 Å². The van der Waals surface area contributed by atoms with E-state index >= 15 is 0 Å². The third kappa shape index (κ3) is 42.7. The number of unbranched alkanes of at least 4 members (excludes halogenated alkanes) is 15. The highest BCUT2D eigenvalue weighted by atomic mass is 16.5. The summed E-state index contributed by atoms with van der Waals surface area (Å²) in [7, 11) is 0. The molecule has 60 heavy (non-hydrogen) atoms. The van der Waals surface area contributed by atoms with Crippen molar-refractivity contribution >= 4 is 17.8 Å². The van der Waals surface area contributed by atoms with Crippen molar-refractivity contribution < 1.29 is 24.2 Å². The highest BCUT2D eigenvalue weighted by Crippen LogP contribution is 2.18. The molecule has 0 aromatic rings. The largest absolute Gasteiger partial charge is 0.480 e. The molecule has 0 heterocycles. The van der Waals surface area contributed by atoms with E-state index in [-0.39, 0.29) is 18.0 Å². The molecule has 0 aliphatic carbocycles. The molecule has 2 unspecified atom stereocenters. The van der Waals surface area contributed by atoms with Crippen molar-refractivity contribution in [1.29, 1.82) is 0 Å². The van der Waals surface area contributed by atoms with Gasteiger partial charge in [0.2, 0.25) is 5.91 Å². The van der Waals surface area contributed by atoms with E-state index in [0.29, 0.717) is 32.2 Å². The smallest absolute Gasteiger partial charge is 0.326 e. The maximum atomic E-state index is 12.8. The monoisotopic (exact) mass is 835 g/mol. The molecule has 0 spiro atoms. The molecule has 0 radical (unpaired) electrons. The Labute approximate surface area is 368 Å². The van der Waals surface area contributed by atoms with Crippen LogP contribution in [0.5, 0.6) is 0 Å². The summed E-state index contributed by atoms with van der Waals surface area (Å²) in [6.07, 6.45) is 62.1. The maximum absolute atomic E-state index is 12.8. The van der Waals surface area contributed by atoms with Crippen LogP contribution in [-0.4, -0.2) is 41.6 Å². The van der Waals surface area contributed by atoms with Crippen molar-refractivity contribution in [2.75, 3.05) is 6.54 Å². The molecule has 0 saturated carbocycles. The van der Waals surface area contributed by atoms with Gasteiger partial charge in [-0.05, 0) is 129 Å². The second-order valence-electron chi connectivity index (χ2n) is 16.1. The van der Waals surface area contributed by atoms with Gasteiger partial charge in [0.05, 0.1) is 0 Å². The summed E-state index contributed by atoms with van der Waals surface area (Å²) < 4.78 is 6.04. The van der Waals surface area contributed by atoms with Gasteiger partial charge in [0, 0.05) is 12.8 Å². The molecule has 0 rings (SSSR count). The number of esters is 1. The predicted molar refractivity (Wildman–Crippen MR) is 257 cm³/mol. The minimum atomic E-state index is -1.01. The molecule has 0 saturated heterocycles. The summed E-state index contributed by atoms with van der Waals surface area (Å²) in [6, 6.07) is -0.866. The number of allylic oxidation sites excluding steroid dienone is 14. The van der Waals surface area contributed by atoms with Crippen LogP contribution in [0.3, 0.4) is 0 Å². The average molecular weight is 835 g/mol. The number of aliphatic carboxylic acids is 1. The normalized spacial score (nSPS) is 13.4. The average Bonchev–Trinajstić information content (AvgIpc) is 3.23. The summed E-state index contributed by atoms with van der Waals surface area (Å²) in [6.45, 7) is 4.80. The molecule has 0 aromatic carbocycles.